The number of carbonyl (C=O) groups excluding carboxylic acids is 1. The molecule has 4 rings (SSSR count). The van der Waals surface area contributed by atoms with Crippen molar-refractivity contribution in [3.63, 3.8) is 0 Å². The van der Waals surface area contributed by atoms with Crippen molar-refractivity contribution in [1.29, 1.82) is 0 Å². The molecule has 1 fully saturated rings. The average molecular weight is 512 g/mol. The van der Waals surface area contributed by atoms with Crippen LogP contribution in [0.15, 0.2) is 39.7 Å². The molecule has 158 valence electrons. The number of para-hydroxylation sites is 1. The summed E-state index contributed by atoms with van der Waals surface area (Å²) in [6.45, 7) is 9.20. The Kier molecular flexibility index (Phi) is 6.60. The molecule has 1 atom stereocenters. The van der Waals surface area contributed by atoms with Crippen LogP contribution in [0, 0.1) is 0 Å². The zero-order valence-electron chi connectivity index (χ0n) is 17.2. The van der Waals surface area contributed by atoms with Crippen molar-refractivity contribution >= 4 is 47.0 Å². The van der Waals surface area contributed by atoms with Crippen molar-refractivity contribution in [2.24, 2.45) is 4.99 Å². The van der Waals surface area contributed by atoms with Crippen LogP contribution in [-0.2, 0) is 11.2 Å². The molecular weight excluding hydrogens is 483 g/mol. The number of benzene rings is 1. The number of furan rings is 1. The molecule has 1 saturated heterocycles. The number of halogens is 1. The molecule has 1 unspecified atom stereocenters. The Hall–Kier alpha value is -1.97. The first-order valence-corrected chi connectivity index (χ1v) is 9.89. The van der Waals surface area contributed by atoms with Gasteiger partial charge in [-0.2, -0.15) is 0 Å². The second kappa shape index (κ2) is 8.81. The minimum absolute atomic E-state index is 0. The number of ether oxygens (including phenoxy) is 1. The van der Waals surface area contributed by atoms with Crippen molar-refractivity contribution in [2.75, 3.05) is 32.7 Å². The molecule has 2 aliphatic heterocycles. The first-order chi connectivity index (χ1) is 13.4. The lowest BCUT2D eigenvalue weighted by Gasteiger charge is -2.39. The first kappa shape index (κ1) is 21.7. The Bertz CT molecular complexity index is 856. The van der Waals surface area contributed by atoms with E-state index >= 15 is 0 Å². The van der Waals surface area contributed by atoms with E-state index in [1.807, 2.05) is 39.0 Å². The molecule has 0 radical (unpaired) electrons. The molecule has 29 heavy (non-hydrogen) atoms. The highest BCUT2D eigenvalue weighted by molar-refractivity contribution is 14.0. The number of nitrogens with zero attached hydrogens (tertiary/aromatic N) is 3. The number of piperazine rings is 1. The molecule has 8 heteroatoms. The van der Waals surface area contributed by atoms with Gasteiger partial charge in [-0.05, 0) is 32.9 Å². The van der Waals surface area contributed by atoms with Crippen molar-refractivity contribution in [3.8, 4) is 0 Å². The summed E-state index contributed by atoms with van der Waals surface area (Å²) < 4.78 is 11.4. The standard InChI is InChI=1S/C21H28N4O3.HI/c1-21(2,3)28-20(26)24-10-11-25-16(14-24)13-23-19(25)22-9-8-17-12-15-6-4-5-7-18(15)27-17;/h4-7,12,16H,8-11,13-14H2,1-3H3,(H,22,23);1H. The van der Waals surface area contributed by atoms with E-state index in [-0.39, 0.29) is 36.1 Å². The molecule has 1 aromatic heterocycles. The summed E-state index contributed by atoms with van der Waals surface area (Å²) in [4.78, 5) is 21.0. The van der Waals surface area contributed by atoms with Crippen molar-refractivity contribution in [3.05, 3.63) is 36.1 Å². The molecule has 1 aromatic carbocycles. The fraction of sp³-hybridized carbons (Fsp3) is 0.524. The van der Waals surface area contributed by atoms with Gasteiger partial charge in [0.15, 0.2) is 5.96 Å². The number of carbonyl (C=O) groups is 1. The second-order valence-corrected chi connectivity index (χ2v) is 8.37. The van der Waals surface area contributed by atoms with Crippen LogP contribution in [0.25, 0.3) is 11.0 Å². The number of hydrogen-bond donors (Lipinski definition) is 1. The Morgan fingerprint density at radius 2 is 2.10 bits per heavy atom. The van der Waals surface area contributed by atoms with E-state index in [2.05, 4.69) is 27.3 Å². The normalized spacial score (nSPS) is 18.9. The van der Waals surface area contributed by atoms with Gasteiger partial charge in [0.25, 0.3) is 0 Å². The van der Waals surface area contributed by atoms with Crippen molar-refractivity contribution in [2.45, 2.75) is 38.8 Å². The number of guanidine groups is 1. The van der Waals surface area contributed by atoms with Crippen LogP contribution < -0.4 is 5.32 Å². The van der Waals surface area contributed by atoms with Gasteiger partial charge in [-0.25, -0.2) is 4.79 Å². The van der Waals surface area contributed by atoms with E-state index < -0.39 is 5.60 Å². The van der Waals surface area contributed by atoms with Crippen LogP contribution in [0.3, 0.4) is 0 Å². The van der Waals surface area contributed by atoms with Gasteiger partial charge in [-0.3, -0.25) is 4.99 Å². The molecule has 0 bridgehead atoms. The largest absolute Gasteiger partial charge is 0.461 e. The summed E-state index contributed by atoms with van der Waals surface area (Å²) in [6, 6.07) is 10.4. The van der Waals surface area contributed by atoms with Gasteiger partial charge < -0.3 is 24.3 Å². The van der Waals surface area contributed by atoms with Gasteiger partial charge in [0, 0.05) is 38.0 Å². The number of fused-ring (bicyclic) bond motifs is 2. The summed E-state index contributed by atoms with van der Waals surface area (Å²) in [5, 5.41) is 4.57. The summed E-state index contributed by atoms with van der Waals surface area (Å²) in [5.74, 6) is 1.89. The predicted molar refractivity (Wildman–Crippen MR) is 124 cm³/mol. The Morgan fingerprint density at radius 1 is 1.31 bits per heavy atom. The van der Waals surface area contributed by atoms with Gasteiger partial charge in [0.1, 0.15) is 16.9 Å². The molecule has 1 N–H and O–H groups in total. The maximum absolute atomic E-state index is 12.3. The van der Waals surface area contributed by atoms with Crippen LogP contribution in [0.2, 0.25) is 0 Å². The van der Waals surface area contributed by atoms with E-state index in [9.17, 15) is 4.79 Å². The molecular formula is C21H29IN4O3. The van der Waals surface area contributed by atoms with Crippen LogP contribution in [0.4, 0.5) is 4.79 Å². The van der Waals surface area contributed by atoms with Crippen LogP contribution >= 0.6 is 24.0 Å². The number of aliphatic imine (C=N–C) groups is 1. The monoisotopic (exact) mass is 512 g/mol. The Balaban J connectivity index is 0.00000240. The molecule has 0 saturated carbocycles. The quantitative estimate of drug-likeness (QED) is 0.638. The highest BCUT2D eigenvalue weighted by Gasteiger charge is 2.36. The third-order valence-corrected chi connectivity index (χ3v) is 4.99. The third-order valence-electron chi connectivity index (χ3n) is 4.99. The Labute approximate surface area is 188 Å². The summed E-state index contributed by atoms with van der Waals surface area (Å²) in [7, 11) is 0. The topological polar surface area (TPSA) is 70.3 Å². The maximum Gasteiger partial charge on any atom is 0.410 e. The second-order valence-electron chi connectivity index (χ2n) is 8.37. The Morgan fingerprint density at radius 3 is 2.86 bits per heavy atom. The number of amides is 1. The highest BCUT2D eigenvalue weighted by Crippen LogP contribution is 2.20. The maximum atomic E-state index is 12.3. The van der Waals surface area contributed by atoms with Gasteiger partial charge >= 0.3 is 6.09 Å². The lowest BCUT2D eigenvalue weighted by molar-refractivity contribution is 0.0137. The molecule has 1 amide bonds. The minimum atomic E-state index is -0.468. The number of nitrogens with one attached hydrogen (secondary N) is 1. The molecule has 2 aliphatic rings. The smallest absolute Gasteiger partial charge is 0.410 e. The van der Waals surface area contributed by atoms with Crippen molar-refractivity contribution in [1.82, 2.24) is 15.1 Å². The van der Waals surface area contributed by atoms with Crippen LogP contribution in [0.5, 0.6) is 0 Å². The zero-order chi connectivity index (χ0) is 19.7. The molecule has 7 nitrogen and oxygen atoms in total. The van der Waals surface area contributed by atoms with Gasteiger partial charge in [0.05, 0.1) is 12.6 Å². The van der Waals surface area contributed by atoms with Gasteiger partial charge in [-0.1, -0.05) is 18.2 Å². The van der Waals surface area contributed by atoms with Gasteiger partial charge in [-0.15, -0.1) is 24.0 Å². The zero-order valence-corrected chi connectivity index (χ0v) is 19.5. The lowest BCUT2D eigenvalue weighted by Crippen LogP contribution is -2.57. The summed E-state index contributed by atoms with van der Waals surface area (Å²) >= 11 is 0. The van der Waals surface area contributed by atoms with Crippen LogP contribution in [0.1, 0.15) is 26.5 Å². The summed E-state index contributed by atoms with van der Waals surface area (Å²) in [5.41, 5.74) is 0.457. The third kappa shape index (κ3) is 5.15. The fourth-order valence-corrected chi connectivity index (χ4v) is 3.68. The van der Waals surface area contributed by atoms with E-state index in [0.29, 0.717) is 19.6 Å². The van der Waals surface area contributed by atoms with Gasteiger partial charge in [0.2, 0.25) is 0 Å². The number of hydrogen-bond acceptors (Lipinski definition) is 6. The van der Waals surface area contributed by atoms with E-state index in [1.54, 1.807) is 4.90 Å². The lowest BCUT2D eigenvalue weighted by atomic mass is 10.2. The van der Waals surface area contributed by atoms with E-state index in [4.69, 9.17) is 9.15 Å². The SMILES string of the molecule is CC(C)(C)OC(=O)N1CCN2C(NCCc3cc4ccccc4o3)=NCC2C1.I. The molecule has 2 aromatic rings. The highest BCUT2D eigenvalue weighted by atomic mass is 127. The summed E-state index contributed by atoms with van der Waals surface area (Å²) in [6.07, 6.45) is 0.564. The average Bonchev–Trinajstić information content (AvgIpc) is 3.23. The molecule has 0 aliphatic carbocycles. The van der Waals surface area contributed by atoms with Crippen LogP contribution in [-0.4, -0.2) is 66.2 Å². The first-order valence-electron chi connectivity index (χ1n) is 9.89. The van der Waals surface area contributed by atoms with Crippen molar-refractivity contribution < 1.29 is 13.9 Å². The number of rotatable bonds is 3. The van der Waals surface area contributed by atoms with E-state index in [1.165, 1.54) is 0 Å². The molecule has 3 heterocycles. The fourth-order valence-electron chi connectivity index (χ4n) is 3.68. The molecule has 0 spiro atoms. The minimum Gasteiger partial charge on any atom is -0.461 e. The van der Waals surface area contributed by atoms with E-state index in [0.717, 1.165) is 42.2 Å². The predicted octanol–water partition coefficient (Wildman–Crippen LogP) is 3.47.